The molecule has 0 bridgehead atoms. The number of hydrogen-bond donors (Lipinski definition) is 0. The van der Waals surface area contributed by atoms with E-state index in [9.17, 15) is 8.42 Å². The van der Waals surface area contributed by atoms with Gasteiger partial charge in [0.2, 0.25) is 0 Å². The van der Waals surface area contributed by atoms with Crippen LogP contribution in [0.25, 0.3) is 5.57 Å². The molecule has 0 saturated heterocycles. The van der Waals surface area contributed by atoms with Crippen LogP contribution in [0.5, 0.6) is 0 Å². The summed E-state index contributed by atoms with van der Waals surface area (Å²) in [4.78, 5) is 4.39. The van der Waals surface area contributed by atoms with Gasteiger partial charge in [0.1, 0.15) is 0 Å². The molecule has 0 aliphatic rings. The van der Waals surface area contributed by atoms with Crippen LogP contribution in [0.4, 0.5) is 0 Å². The van der Waals surface area contributed by atoms with Crippen LogP contribution in [-0.4, -0.2) is 19.7 Å². The van der Waals surface area contributed by atoms with Crippen LogP contribution in [0.1, 0.15) is 25.5 Å². The number of aromatic nitrogens is 1. The maximum absolute atomic E-state index is 11.3. The smallest absolute Gasteiger partial charge is 0.177 e. The average Bonchev–Trinajstić information content (AvgIpc) is 2.29. The second-order valence-electron chi connectivity index (χ2n) is 3.80. The van der Waals surface area contributed by atoms with Gasteiger partial charge in [-0.3, -0.25) is 4.98 Å². The van der Waals surface area contributed by atoms with Crippen molar-refractivity contribution in [1.82, 2.24) is 4.98 Å². The van der Waals surface area contributed by atoms with Gasteiger partial charge < -0.3 is 0 Å². The topological polar surface area (TPSA) is 47.0 Å². The van der Waals surface area contributed by atoms with E-state index in [4.69, 9.17) is 0 Å². The minimum Gasteiger partial charge on any atom is -0.255 e. The summed E-state index contributed by atoms with van der Waals surface area (Å²) in [6, 6.07) is 3.28. The molecule has 1 aromatic heterocycles. The van der Waals surface area contributed by atoms with Crippen molar-refractivity contribution in [1.29, 1.82) is 0 Å². The molecule has 0 aliphatic carbocycles. The summed E-state index contributed by atoms with van der Waals surface area (Å²) < 4.78 is 22.6. The van der Waals surface area contributed by atoms with Gasteiger partial charge in [0.15, 0.2) is 9.84 Å². The first-order chi connectivity index (χ1) is 7.99. The lowest BCUT2D eigenvalue weighted by Crippen LogP contribution is -1.98. The van der Waals surface area contributed by atoms with Gasteiger partial charge in [0.05, 0.1) is 10.6 Å². The van der Waals surface area contributed by atoms with Gasteiger partial charge in [-0.1, -0.05) is 32.1 Å². The quantitative estimate of drug-likeness (QED) is 0.756. The second-order valence-corrected chi connectivity index (χ2v) is 5.82. The third-order valence-electron chi connectivity index (χ3n) is 2.33. The molecule has 0 saturated carbocycles. The van der Waals surface area contributed by atoms with Crippen LogP contribution in [-0.2, 0) is 9.84 Å². The Kier molecular flexibility index (Phi) is 4.63. The molecular weight excluding hydrogens is 234 g/mol. The van der Waals surface area contributed by atoms with Crippen LogP contribution >= 0.6 is 0 Å². The molecule has 0 N–H and O–H groups in total. The molecule has 1 heterocycles. The van der Waals surface area contributed by atoms with Gasteiger partial charge in [-0.25, -0.2) is 8.42 Å². The molecule has 92 valence electrons. The van der Waals surface area contributed by atoms with Crippen LogP contribution in [0, 0.1) is 0 Å². The summed E-state index contributed by atoms with van der Waals surface area (Å²) >= 11 is 0. The predicted molar refractivity (Wildman–Crippen MR) is 70.4 cm³/mol. The first kappa shape index (κ1) is 13.6. The molecule has 3 nitrogen and oxygen atoms in total. The number of rotatable bonds is 5. The summed E-state index contributed by atoms with van der Waals surface area (Å²) in [5.74, 6) is 0. The highest BCUT2D eigenvalue weighted by Gasteiger charge is 2.07. The third kappa shape index (κ3) is 3.82. The molecule has 0 aromatic carbocycles. The molecule has 0 amide bonds. The number of unbranched alkanes of at least 4 members (excludes halogenated alkanes) is 1. The van der Waals surface area contributed by atoms with Crippen LogP contribution in [0.15, 0.2) is 42.0 Å². The number of nitrogens with zero attached hydrogens (tertiary/aromatic N) is 1. The molecule has 1 rings (SSSR count). The maximum Gasteiger partial charge on any atom is 0.177 e. The fraction of sp³-hybridized carbons (Fsp3) is 0.308. The van der Waals surface area contributed by atoms with Crippen molar-refractivity contribution < 1.29 is 8.42 Å². The minimum absolute atomic E-state index is 0.236. The molecule has 1 aromatic rings. The van der Waals surface area contributed by atoms with E-state index in [1.807, 2.05) is 0 Å². The Hall–Kier alpha value is -1.42. The first-order valence-corrected chi connectivity index (χ1v) is 7.37. The molecule has 0 radical (unpaired) electrons. The molecule has 0 fully saturated rings. The highest BCUT2D eigenvalue weighted by Crippen LogP contribution is 2.16. The normalized spacial score (nSPS) is 12.5. The van der Waals surface area contributed by atoms with Gasteiger partial charge in [-0.05, 0) is 24.1 Å². The highest BCUT2D eigenvalue weighted by molar-refractivity contribution is 7.90. The lowest BCUT2D eigenvalue weighted by Gasteiger charge is -2.03. The zero-order chi connectivity index (χ0) is 12.9. The number of pyridine rings is 1. The molecular formula is C13H17NO2S. The van der Waals surface area contributed by atoms with E-state index in [2.05, 4.69) is 24.6 Å². The van der Waals surface area contributed by atoms with E-state index in [0.29, 0.717) is 0 Å². The monoisotopic (exact) mass is 251 g/mol. The van der Waals surface area contributed by atoms with Gasteiger partial charge in [-0.2, -0.15) is 0 Å². The molecule has 0 spiro atoms. The lowest BCUT2D eigenvalue weighted by molar-refractivity contribution is 0.601. The standard InChI is InChI=1S/C13H17NO2S/c1-4-6-7-11(5-2)13-9-8-12(10-14-13)17(3,15)16/h5,7-10H,2,4,6H2,1,3H3. The Morgan fingerprint density at radius 3 is 2.59 bits per heavy atom. The van der Waals surface area contributed by atoms with E-state index >= 15 is 0 Å². The van der Waals surface area contributed by atoms with Gasteiger partial charge >= 0.3 is 0 Å². The molecule has 0 unspecified atom stereocenters. The Balaban J connectivity index is 3.05. The van der Waals surface area contributed by atoms with Crippen LogP contribution < -0.4 is 0 Å². The summed E-state index contributed by atoms with van der Waals surface area (Å²) in [6.45, 7) is 5.83. The number of sulfone groups is 1. The fourth-order valence-corrected chi connectivity index (χ4v) is 1.92. The molecule has 4 heteroatoms. The lowest BCUT2D eigenvalue weighted by atomic mass is 10.1. The van der Waals surface area contributed by atoms with E-state index in [0.717, 1.165) is 24.1 Å². The van der Waals surface area contributed by atoms with Crippen molar-refractivity contribution in [2.75, 3.05) is 6.26 Å². The maximum atomic E-state index is 11.3. The second kappa shape index (κ2) is 5.77. The van der Waals surface area contributed by atoms with E-state index in [-0.39, 0.29) is 4.90 Å². The third-order valence-corrected chi connectivity index (χ3v) is 3.43. The van der Waals surface area contributed by atoms with E-state index < -0.39 is 9.84 Å². The van der Waals surface area contributed by atoms with Crippen molar-refractivity contribution in [3.05, 3.63) is 42.8 Å². The first-order valence-electron chi connectivity index (χ1n) is 5.48. The van der Waals surface area contributed by atoms with Crippen LogP contribution in [0.2, 0.25) is 0 Å². The van der Waals surface area contributed by atoms with Crippen molar-refractivity contribution in [3.8, 4) is 0 Å². The molecule has 0 atom stereocenters. The SMILES string of the molecule is C=CC(=CCCC)c1ccc(S(C)(=O)=O)cn1. The van der Waals surface area contributed by atoms with Crippen molar-refractivity contribution in [3.63, 3.8) is 0 Å². The Morgan fingerprint density at radius 1 is 1.47 bits per heavy atom. The molecule has 0 aliphatic heterocycles. The van der Waals surface area contributed by atoms with E-state index in [1.165, 1.54) is 12.5 Å². The largest absolute Gasteiger partial charge is 0.255 e. The van der Waals surface area contributed by atoms with Crippen molar-refractivity contribution in [2.24, 2.45) is 0 Å². The number of hydrogen-bond acceptors (Lipinski definition) is 3. The average molecular weight is 251 g/mol. The Labute approximate surface area is 103 Å². The fourth-order valence-electron chi connectivity index (χ4n) is 1.36. The summed E-state index contributed by atoms with van der Waals surface area (Å²) in [7, 11) is -3.18. The van der Waals surface area contributed by atoms with Crippen molar-refractivity contribution >= 4 is 15.4 Å². The van der Waals surface area contributed by atoms with Gasteiger partial charge in [0, 0.05) is 12.5 Å². The van der Waals surface area contributed by atoms with E-state index in [1.54, 1.807) is 18.2 Å². The van der Waals surface area contributed by atoms with Gasteiger partial charge in [-0.15, -0.1) is 0 Å². The number of allylic oxidation sites excluding steroid dienone is 3. The minimum atomic E-state index is -3.18. The summed E-state index contributed by atoms with van der Waals surface area (Å²) in [5, 5.41) is 0. The Bertz CT molecular complexity index is 513. The highest BCUT2D eigenvalue weighted by atomic mass is 32.2. The van der Waals surface area contributed by atoms with Crippen LogP contribution in [0.3, 0.4) is 0 Å². The molecule has 17 heavy (non-hydrogen) atoms. The van der Waals surface area contributed by atoms with Gasteiger partial charge in [0.25, 0.3) is 0 Å². The zero-order valence-electron chi connectivity index (χ0n) is 10.2. The predicted octanol–water partition coefficient (Wildman–Crippen LogP) is 2.85. The summed E-state index contributed by atoms with van der Waals surface area (Å²) in [6.07, 6.45) is 8.35. The summed E-state index contributed by atoms with van der Waals surface area (Å²) in [5.41, 5.74) is 1.69. The Morgan fingerprint density at radius 2 is 2.18 bits per heavy atom. The van der Waals surface area contributed by atoms with Crippen molar-refractivity contribution in [2.45, 2.75) is 24.7 Å². The zero-order valence-corrected chi connectivity index (χ0v) is 11.0.